The van der Waals surface area contributed by atoms with Gasteiger partial charge in [0.2, 0.25) is 0 Å². The first-order valence-electron chi connectivity index (χ1n) is 9.75. The maximum Gasteiger partial charge on any atom is 0.192 e. The molecular formula is C22H22N2O4. The second-order valence-electron chi connectivity index (χ2n) is 7.36. The summed E-state index contributed by atoms with van der Waals surface area (Å²) in [4.78, 5) is 27.1. The molecule has 6 nitrogen and oxygen atoms in total. The van der Waals surface area contributed by atoms with Crippen molar-refractivity contribution in [3.8, 4) is 0 Å². The van der Waals surface area contributed by atoms with Crippen LogP contribution >= 0.6 is 0 Å². The number of ketones is 2. The molecule has 2 unspecified atom stereocenters. The molecule has 2 saturated heterocycles. The summed E-state index contributed by atoms with van der Waals surface area (Å²) < 4.78 is 11.8. The quantitative estimate of drug-likeness (QED) is 0.825. The van der Waals surface area contributed by atoms with Gasteiger partial charge in [0, 0.05) is 48.5 Å². The maximum atomic E-state index is 13.6. The van der Waals surface area contributed by atoms with Gasteiger partial charge < -0.3 is 20.1 Å². The Bertz CT molecular complexity index is 907. The van der Waals surface area contributed by atoms with Crippen molar-refractivity contribution in [2.75, 3.05) is 39.4 Å². The van der Waals surface area contributed by atoms with E-state index in [2.05, 4.69) is 10.6 Å². The highest BCUT2D eigenvalue weighted by Crippen LogP contribution is 2.34. The van der Waals surface area contributed by atoms with Crippen molar-refractivity contribution in [3.63, 3.8) is 0 Å². The van der Waals surface area contributed by atoms with Gasteiger partial charge in [0.25, 0.3) is 0 Å². The Morgan fingerprint density at radius 3 is 1.61 bits per heavy atom. The van der Waals surface area contributed by atoms with Crippen LogP contribution in [0.25, 0.3) is 10.8 Å². The molecule has 0 radical (unpaired) electrons. The number of benzene rings is 2. The van der Waals surface area contributed by atoms with Crippen molar-refractivity contribution in [2.45, 2.75) is 12.2 Å². The van der Waals surface area contributed by atoms with Crippen LogP contribution in [0.15, 0.2) is 47.5 Å². The molecule has 2 aliphatic heterocycles. The lowest BCUT2D eigenvalue weighted by Crippen LogP contribution is -2.47. The molecule has 5 rings (SSSR count). The molecule has 0 bridgehead atoms. The minimum absolute atomic E-state index is 0.127. The van der Waals surface area contributed by atoms with E-state index in [1.165, 1.54) is 0 Å². The van der Waals surface area contributed by atoms with E-state index in [1.54, 1.807) is 0 Å². The van der Waals surface area contributed by atoms with Crippen LogP contribution in [-0.4, -0.2) is 63.2 Å². The molecule has 2 aromatic rings. The van der Waals surface area contributed by atoms with Gasteiger partial charge in [-0.25, -0.2) is 0 Å². The molecule has 2 atom stereocenters. The lowest BCUT2D eigenvalue weighted by molar-refractivity contribution is 0.0337. The number of rotatable bonds is 2. The number of nitrogens with one attached hydrogen (secondary N) is 2. The fourth-order valence-electron chi connectivity index (χ4n) is 4.29. The minimum atomic E-state index is -0.439. The second-order valence-corrected chi connectivity index (χ2v) is 7.36. The Balaban J connectivity index is 1.68. The lowest BCUT2D eigenvalue weighted by Gasteiger charge is -2.34. The van der Waals surface area contributed by atoms with Gasteiger partial charge in [-0.15, -0.1) is 0 Å². The number of hydrogen-bond donors (Lipinski definition) is 2. The van der Waals surface area contributed by atoms with E-state index in [1.807, 2.05) is 36.4 Å². The van der Waals surface area contributed by atoms with Gasteiger partial charge in [-0.05, 0) is 22.9 Å². The molecule has 0 spiro atoms. The van der Waals surface area contributed by atoms with Gasteiger partial charge in [-0.3, -0.25) is 9.59 Å². The summed E-state index contributed by atoms with van der Waals surface area (Å²) in [6, 6.07) is 11.4. The van der Waals surface area contributed by atoms with Gasteiger partial charge >= 0.3 is 0 Å². The summed E-state index contributed by atoms with van der Waals surface area (Å²) in [7, 11) is 0. The molecule has 6 heteroatoms. The van der Waals surface area contributed by atoms with Gasteiger partial charge in [-0.2, -0.15) is 0 Å². The SMILES string of the molecule is O=C1C(C2CNCCO2)=C(C2CNCCO2)C(=O)c2cc3ccccc3cc21. The van der Waals surface area contributed by atoms with Crippen LogP contribution in [-0.2, 0) is 9.47 Å². The van der Waals surface area contributed by atoms with Crippen molar-refractivity contribution in [3.05, 3.63) is 58.7 Å². The molecule has 0 amide bonds. The average Bonchev–Trinajstić information content (AvgIpc) is 2.76. The highest BCUT2D eigenvalue weighted by Gasteiger charge is 2.41. The molecule has 2 N–H and O–H groups in total. The van der Waals surface area contributed by atoms with E-state index in [0.29, 0.717) is 48.6 Å². The molecule has 2 fully saturated rings. The number of ether oxygens (including phenoxy) is 2. The van der Waals surface area contributed by atoms with E-state index in [0.717, 1.165) is 23.9 Å². The largest absolute Gasteiger partial charge is 0.371 e. The number of Topliss-reactive ketones (excluding diaryl/α,β-unsaturated/α-hetero) is 2. The topological polar surface area (TPSA) is 76.7 Å². The summed E-state index contributed by atoms with van der Waals surface area (Å²) in [5, 5.41) is 8.43. The van der Waals surface area contributed by atoms with Crippen molar-refractivity contribution >= 4 is 22.3 Å². The lowest BCUT2D eigenvalue weighted by atomic mass is 9.78. The van der Waals surface area contributed by atoms with Gasteiger partial charge in [0.1, 0.15) is 0 Å². The first-order chi connectivity index (χ1) is 13.7. The fourth-order valence-corrected chi connectivity index (χ4v) is 4.29. The standard InChI is InChI=1S/C22H22N2O4/c25-21-15-9-13-3-1-2-4-14(13)10-16(15)22(26)20(18-12-24-6-8-28-18)19(21)17-11-23-5-7-27-17/h1-4,9-10,17-18,23-24H,5-8,11-12H2. The predicted octanol–water partition coefficient (Wildman–Crippen LogP) is 1.49. The third kappa shape index (κ3) is 2.89. The van der Waals surface area contributed by atoms with E-state index < -0.39 is 12.2 Å². The number of hydrogen-bond acceptors (Lipinski definition) is 6. The van der Waals surface area contributed by atoms with Gasteiger partial charge in [0.15, 0.2) is 11.6 Å². The van der Waals surface area contributed by atoms with Crippen LogP contribution in [0.2, 0.25) is 0 Å². The van der Waals surface area contributed by atoms with Crippen LogP contribution in [0.3, 0.4) is 0 Å². The Morgan fingerprint density at radius 1 is 0.750 bits per heavy atom. The third-order valence-electron chi connectivity index (χ3n) is 5.65. The summed E-state index contributed by atoms with van der Waals surface area (Å²) >= 11 is 0. The normalized spacial score (nSPS) is 25.9. The molecule has 1 aliphatic carbocycles. The van der Waals surface area contributed by atoms with Gasteiger partial charge in [0.05, 0.1) is 25.4 Å². The predicted molar refractivity (Wildman–Crippen MR) is 105 cm³/mol. The first-order valence-corrected chi connectivity index (χ1v) is 9.75. The number of carbonyl (C=O) groups excluding carboxylic acids is 2. The zero-order valence-electron chi connectivity index (χ0n) is 15.5. The van der Waals surface area contributed by atoms with Crippen LogP contribution in [0, 0.1) is 0 Å². The zero-order valence-corrected chi connectivity index (χ0v) is 15.5. The van der Waals surface area contributed by atoms with Crippen LogP contribution < -0.4 is 10.6 Å². The Morgan fingerprint density at radius 2 is 1.21 bits per heavy atom. The third-order valence-corrected chi connectivity index (χ3v) is 5.65. The van der Waals surface area contributed by atoms with E-state index in [-0.39, 0.29) is 11.6 Å². The van der Waals surface area contributed by atoms with Crippen molar-refractivity contribution in [1.82, 2.24) is 10.6 Å². The smallest absolute Gasteiger partial charge is 0.192 e. The van der Waals surface area contributed by atoms with Crippen molar-refractivity contribution in [2.24, 2.45) is 0 Å². The molecule has 0 aromatic heterocycles. The van der Waals surface area contributed by atoms with Crippen LogP contribution in [0.5, 0.6) is 0 Å². The Labute approximate surface area is 162 Å². The molecule has 28 heavy (non-hydrogen) atoms. The first kappa shape index (κ1) is 17.7. The molecule has 0 saturated carbocycles. The Hall–Kier alpha value is -2.38. The summed E-state index contributed by atoms with van der Waals surface area (Å²) in [5.41, 5.74) is 1.82. The van der Waals surface area contributed by atoms with E-state index in [9.17, 15) is 9.59 Å². The van der Waals surface area contributed by atoms with Crippen LogP contribution in [0.4, 0.5) is 0 Å². The average molecular weight is 378 g/mol. The minimum Gasteiger partial charge on any atom is -0.371 e. The fraction of sp³-hybridized carbons (Fsp3) is 0.364. The monoisotopic (exact) mass is 378 g/mol. The molecule has 2 aromatic carbocycles. The maximum absolute atomic E-state index is 13.6. The van der Waals surface area contributed by atoms with Crippen LogP contribution in [0.1, 0.15) is 20.7 Å². The highest BCUT2D eigenvalue weighted by molar-refractivity contribution is 6.29. The number of fused-ring (bicyclic) bond motifs is 2. The van der Waals surface area contributed by atoms with Crippen molar-refractivity contribution < 1.29 is 19.1 Å². The number of morpholine rings is 2. The van der Waals surface area contributed by atoms with E-state index in [4.69, 9.17) is 9.47 Å². The summed E-state index contributed by atoms with van der Waals surface area (Å²) in [5.74, 6) is -0.253. The molecular weight excluding hydrogens is 356 g/mol. The van der Waals surface area contributed by atoms with Crippen molar-refractivity contribution in [1.29, 1.82) is 0 Å². The molecule has 144 valence electrons. The highest BCUT2D eigenvalue weighted by atomic mass is 16.5. The summed E-state index contributed by atoms with van der Waals surface area (Å²) in [6.07, 6.45) is -0.879. The van der Waals surface area contributed by atoms with E-state index >= 15 is 0 Å². The molecule has 2 heterocycles. The zero-order chi connectivity index (χ0) is 19.1. The second kappa shape index (κ2) is 7.22. The van der Waals surface area contributed by atoms with Gasteiger partial charge in [-0.1, -0.05) is 24.3 Å². The number of carbonyl (C=O) groups is 2. The molecule has 3 aliphatic rings. The Kier molecular flexibility index (Phi) is 4.56. The summed E-state index contributed by atoms with van der Waals surface area (Å²) in [6.45, 7) is 3.53.